The lowest BCUT2D eigenvalue weighted by molar-refractivity contribution is -0.116. The average molecular weight is 162 g/mol. The molecule has 2 fully saturated rings. The summed E-state index contributed by atoms with van der Waals surface area (Å²) in [5, 5.41) is 2.27. The van der Waals surface area contributed by atoms with Crippen molar-refractivity contribution < 1.29 is 9.59 Å². The van der Waals surface area contributed by atoms with Gasteiger partial charge in [0.15, 0.2) is 0 Å². The van der Waals surface area contributed by atoms with Crippen LogP contribution in [0.5, 0.6) is 0 Å². The molecule has 2 heterocycles. The van der Waals surface area contributed by atoms with E-state index in [1.54, 1.807) is 0 Å². The van der Waals surface area contributed by atoms with E-state index in [-0.39, 0.29) is 11.9 Å². The molecule has 1 aliphatic carbocycles. The molecule has 4 heteroatoms. The number of allylic oxidation sites excluding steroid dienone is 2. The van der Waals surface area contributed by atoms with Gasteiger partial charge in [-0.15, -0.1) is 0 Å². The second kappa shape index (κ2) is 1.60. The van der Waals surface area contributed by atoms with Crippen LogP contribution in [0.25, 0.3) is 0 Å². The normalized spacial score (nSPS) is 25.0. The molecule has 0 bridgehead atoms. The number of fused-ring (bicyclic) bond motifs is 2. The molecule has 0 spiro atoms. The molecule has 0 aromatic carbocycles. The predicted octanol–water partition coefficient (Wildman–Crippen LogP) is 0.136. The van der Waals surface area contributed by atoms with Crippen molar-refractivity contribution in [2.24, 2.45) is 0 Å². The third-order valence-corrected chi connectivity index (χ3v) is 2.39. The van der Waals surface area contributed by atoms with Crippen molar-refractivity contribution in [1.29, 1.82) is 0 Å². The van der Waals surface area contributed by atoms with Crippen LogP contribution < -0.4 is 5.32 Å². The van der Waals surface area contributed by atoms with Crippen LogP contribution in [0.2, 0.25) is 0 Å². The van der Waals surface area contributed by atoms with Gasteiger partial charge in [-0.2, -0.15) is 0 Å². The first-order chi connectivity index (χ1) is 5.77. The second-order valence-corrected chi connectivity index (χ2v) is 3.10. The minimum absolute atomic E-state index is 0.238. The van der Waals surface area contributed by atoms with Crippen LogP contribution in [0, 0.1) is 0 Å². The molecule has 1 saturated carbocycles. The summed E-state index contributed by atoms with van der Waals surface area (Å²) in [5.74, 6) is -0.238. The summed E-state index contributed by atoms with van der Waals surface area (Å²) in [4.78, 5) is 23.8. The van der Waals surface area contributed by atoms with Gasteiger partial charge >= 0.3 is 6.03 Å². The van der Waals surface area contributed by atoms with Crippen LogP contribution in [0.1, 0.15) is 6.42 Å². The monoisotopic (exact) mass is 162 g/mol. The number of carbonyl (C=O) groups is 2. The standard InChI is InChI=1S/C8H6N2O2/c11-7-6-5-3-4(5)1-2-10(6)8(12)9-7/h1H,2-3H2,(H,9,11,12). The van der Waals surface area contributed by atoms with Gasteiger partial charge in [0.1, 0.15) is 5.70 Å². The lowest BCUT2D eigenvalue weighted by Crippen LogP contribution is -2.28. The van der Waals surface area contributed by atoms with E-state index in [2.05, 4.69) is 5.32 Å². The van der Waals surface area contributed by atoms with Gasteiger partial charge in [-0.3, -0.25) is 15.0 Å². The fourth-order valence-corrected chi connectivity index (χ4v) is 1.70. The maximum absolute atomic E-state index is 11.2. The molecule has 3 amide bonds. The molecular formula is C8H6N2O2. The zero-order valence-corrected chi connectivity index (χ0v) is 6.26. The number of carbonyl (C=O) groups excluding carboxylic acids is 2. The Morgan fingerprint density at radius 1 is 1.42 bits per heavy atom. The van der Waals surface area contributed by atoms with Crippen molar-refractivity contribution in [2.45, 2.75) is 6.42 Å². The highest BCUT2D eigenvalue weighted by molar-refractivity contribution is 6.13. The first kappa shape index (κ1) is 5.99. The second-order valence-electron chi connectivity index (χ2n) is 3.10. The Hall–Kier alpha value is -1.58. The molecule has 2 aliphatic heterocycles. The summed E-state index contributed by atoms with van der Waals surface area (Å²) in [7, 11) is 0. The van der Waals surface area contributed by atoms with E-state index in [0.29, 0.717) is 12.2 Å². The Morgan fingerprint density at radius 2 is 2.25 bits per heavy atom. The number of imide groups is 1. The third-order valence-electron chi connectivity index (χ3n) is 2.39. The molecule has 3 aliphatic rings. The molecule has 0 unspecified atom stereocenters. The summed E-state index contributed by atoms with van der Waals surface area (Å²) in [5.41, 5.74) is 2.85. The zero-order chi connectivity index (χ0) is 8.29. The highest BCUT2D eigenvalue weighted by atomic mass is 16.2. The van der Waals surface area contributed by atoms with Gasteiger partial charge in [-0.25, -0.2) is 4.79 Å². The molecule has 1 saturated heterocycles. The van der Waals surface area contributed by atoms with Crippen LogP contribution in [0.4, 0.5) is 4.79 Å². The topological polar surface area (TPSA) is 49.4 Å². The molecule has 0 aromatic rings. The fourth-order valence-electron chi connectivity index (χ4n) is 1.70. The lowest BCUT2D eigenvalue weighted by Gasteiger charge is -2.13. The highest BCUT2D eigenvalue weighted by Gasteiger charge is 2.42. The molecular weight excluding hydrogens is 156 g/mol. The van der Waals surface area contributed by atoms with Crippen molar-refractivity contribution in [3.05, 3.63) is 22.9 Å². The van der Waals surface area contributed by atoms with Gasteiger partial charge in [0, 0.05) is 13.0 Å². The molecule has 3 rings (SSSR count). The first-order valence-electron chi connectivity index (χ1n) is 3.83. The van der Waals surface area contributed by atoms with Gasteiger partial charge in [-0.1, -0.05) is 6.08 Å². The van der Waals surface area contributed by atoms with Crippen molar-refractivity contribution in [2.75, 3.05) is 6.54 Å². The summed E-state index contributed by atoms with van der Waals surface area (Å²) in [6.07, 6.45) is 2.88. The van der Waals surface area contributed by atoms with Crippen molar-refractivity contribution >= 4 is 11.9 Å². The van der Waals surface area contributed by atoms with E-state index in [0.717, 1.165) is 12.0 Å². The number of hydrogen-bond acceptors (Lipinski definition) is 2. The van der Waals surface area contributed by atoms with Crippen molar-refractivity contribution in [3.63, 3.8) is 0 Å². The van der Waals surface area contributed by atoms with E-state index in [1.807, 2.05) is 6.08 Å². The average Bonchev–Trinajstić information content (AvgIpc) is 2.74. The Morgan fingerprint density at radius 3 is 3.08 bits per heavy atom. The highest BCUT2D eigenvalue weighted by Crippen LogP contribution is 2.44. The van der Waals surface area contributed by atoms with Gasteiger partial charge in [-0.05, 0) is 11.1 Å². The van der Waals surface area contributed by atoms with Crippen LogP contribution in [-0.4, -0.2) is 23.4 Å². The number of rotatable bonds is 0. The minimum Gasteiger partial charge on any atom is -0.285 e. The SMILES string of the molecule is O=C1NC(=O)N2CC=C3CC3=C12. The first-order valence-corrected chi connectivity index (χ1v) is 3.83. The van der Waals surface area contributed by atoms with Gasteiger partial charge in [0.05, 0.1) is 0 Å². The molecule has 4 nitrogen and oxygen atoms in total. The summed E-state index contributed by atoms with van der Waals surface area (Å²) >= 11 is 0. The van der Waals surface area contributed by atoms with Crippen LogP contribution in [0.15, 0.2) is 22.9 Å². The van der Waals surface area contributed by atoms with Gasteiger partial charge < -0.3 is 0 Å². The molecule has 0 radical (unpaired) electrons. The number of nitrogens with zero attached hydrogens (tertiary/aromatic N) is 1. The summed E-state index contributed by atoms with van der Waals surface area (Å²) in [6, 6.07) is -0.287. The number of urea groups is 1. The minimum atomic E-state index is -0.287. The van der Waals surface area contributed by atoms with Crippen LogP contribution in [0.3, 0.4) is 0 Å². The van der Waals surface area contributed by atoms with E-state index < -0.39 is 0 Å². The Kier molecular flexibility index (Phi) is 0.800. The Bertz CT molecular complexity index is 379. The van der Waals surface area contributed by atoms with E-state index >= 15 is 0 Å². The van der Waals surface area contributed by atoms with Crippen molar-refractivity contribution in [1.82, 2.24) is 10.2 Å². The van der Waals surface area contributed by atoms with Gasteiger partial charge in [0.2, 0.25) is 0 Å². The van der Waals surface area contributed by atoms with Crippen LogP contribution in [-0.2, 0) is 4.79 Å². The van der Waals surface area contributed by atoms with E-state index in [9.17, 15) is 9.59 Å². The molecule has 1 N–H and O–H groups in total. The number of nitrogens with one attached hydrogen (secondary N) is 1. The predicted molar refractivity (Wildman–Crippen MR) is 40.0 cm³/mol. The quantitative estimate of drug-likeness (QED) is 0.515. The molecule has 0 aromatic heterocycles. The largest absolute Gasteiger partial charge is 0.329 e. The number of amides is 3. The Labute approximate surface area is 68.5 Å². The zero-order valence-electron chi connectivity index (χ0n) is 6.26. The Balaban J connectivity index is 2.19. The molecule has 12 heavy (non-hydrogen) atoms. The third kappa shape index (κ3) is 0.536. The van der Waals surface area contributed by atoms with Crippen LogP contribution >= 0.6 is 0 Å². The maximum Gasteiger partial charge on any atom is 0.329 e. The van der Waals surface area contributed by atoms with Gasteiger partial charge in [0.25, 0.3) is 5.91 Å². The smallest absolute Gasteiger partial charge is 0.285 e. The van der Waals surface area contributed by atoms with Crippen molar-refractivity contribution in [3.8, 4) is 0 Å². The van der Waals surface area contributed by atoms with E-state index in [4.69, 9.17) is 0 Å². The maximum atomic E-state index is 11.2. The number of hydrogen-bond donors (Lipinski definition) is 1. The van der Waals surface area contributed by atoms with E-state index in [1.165, 1.54) is 10.5 Å². The molecule has 60 valence electrons. The fraction of sp³-hybridized carbons (Fsp3) is 0.250. The lowest BCUT2D eigenvalue weighted by atomic mass is 10.3. The summed E-state index contributed by atoms with van der Waals surface area (Å²) in [6.45, 7) is 0.547. The molecule has 0 atom stereocenters. The summed E-state index contributed by atoms with van der Waals surface area (Å²) < 4.78 is 0.